The Hall–Kier alpha value is -2.89. The van der Waals surface area contributed by atoms with Crippen LogP contribution in [-0.4, -0.2) is 92.6 Å². The van der Waals surface area contributed by atoms with E-state index >= 15 is 0 Å². The van der Waals surface area contributed by atoms with Crippen molar-refractivity contribution in [3.8, 4) is 0 Å². The van der Waals surface area contributed by atoms with Gasteiger partial charge >= 0.3 is 5.97 Å². The lowest BCUT2D eigenvalue weighted by atomic mass is 10.0. The molecule has 2 aliphatic heterocycles. The lowest BCUT2D eigenvalue weighted by molar-refractivity contribution is -0.150. The molecule has 1 saturated heterocycles. The van der Waals surface area contributed by atoms with Gasteiger partial charge in [-0.3, -0.25) is 19.9 Å². The molecule has 0 bridgehead atoms. The van der Waals surface area contributed by atoms with Gasteiger partial charge in [0.2, 0.25) is 15.9 Å². The maximum Gasteiger partial charge on any atom is 0.352 e. The molecule has 4 rings (SSSR count). The van der Waals surface area contributed by atoms with Gasteiger partial charge in [0, 0.05) is 16.9 Å². The summed E-state index contributed by atoms with van der Waals surface area (Å²) in [4.78, 5) is 38.1. The minimum Gasteiger partial charge on any atom is -0.477 e. The SMILES string of the molecule is N=c1scc(CC(=O)NC2C(=O)N3C(C(=O)O)=C(CSc4nnnn4CCO)CS[C@H]23)n1O. The van der Waals surface area contributed by atoms with E-state index in [1.165, 1.54) is 38.5 Å². The lowest BCUT2D eigenvalue weighted by Crippen LogP contribution is -2.70. The molecular weight excluding hydrogens is 496 g/mol. The van der Waals surface area contributed by atoms with Crippen LogP contribution in [0, 0.1) is 5.41 Å². The number of aromatic nitrogens is 5. The molecule has 176 valence electrons. The first-order chi connectivity index (χ1) is 15.8. The molecule has 1 unspecified atom stereocenters. The van der Waals surface area contributed by atoms with Gasteiger partial charge in [0.25, 0.3) is 5.91 Å². The van der Waals surface area contributed by atoms with Crippen LogP contribution in [0.15, 0.2) is 21.8 Å². The molecule has 0 aromatic carbocycles. The molecule has 1 fully saturated rings. The van der Waals surface area contributed by atoms with Gasteiger partial charge in [-0.25, -0.2) is 9.48 Å². The summed E-state index contributed by atoms with van der Waals surface area (Å²) >= 11 is 3.50. The highest BCUT2D eigenvalue weighted by Crippen LogP contribution is 2.41. The predicted molar refractivity (Wildman–Crippen MR) is 114 cm³/mol. The summed E-state index contributed by atoms with van der Waals surface area (Å²) < 4.78 is 2.00. The van der Waals surface area contributed by atoms with Gasteiger partial charge in [-0.2, -0.15) is 4.73 Å². The van der Waals surface area contributed by atoms with Gasteiger partial charge in [-0.1, -0.05) is 11.8 Å². The third-order valence-electron chi connectivity index (χ3n) is 4.87. The number of carbonyl (C=O) groups is 3. The number of fused-ring (bicyclic) bond motifs is 1. The van der Waals surface area contributed by atoms with E-state index in [2.05, 4.69) is 20.8 Å². The first-order valence-electron chi connectivity index (χ1n) is 9.44. The molecule has 17 heteroatoms. The number of aliphatic hydroxyl groups is 1. The molecule has 5 N–H and O–H groups in total. The van der Waals surface area contributed by atoms with E-state index < -0.39 is 29.2 Å². The van der Waals surface area contributed by atoms with Crippen molar-refractivity contribution >= 4 is 52.6 Å². The standard InChI is InChI=1S/C16H18N8O6S3/c17-15-24(30)8(6-32-15)3-9(26)18-10-12(27)23-11(14(28)29)7(4-31-13(10)23)5-33-16-19-20-21-22(16)1-2-25/h6,10,13,17,25,30H,1-5H2,(H,18,26)(H,28,29)/t10?,13-/m1/s1. The Morgan fingerprint density at radius 1 is 1.39 bits per heavy atom. The summed E-state index contributed by atoms with van der Waals surface area (Å²) in [5.74, 6) is -1.73. The van der Waals surface area contributed by atoms with Crippen molar-refractivity contribution in [3.05, 3.63) is 27.1 Å². The van der Waals surface area contributed by atoms with Crippen molar-refractivity contribution in [2.75, 3.05) is 18.1 Å². The number of thiazole rings is 1. The van der Waals surface area contributed by atoms with Crippen LogP contribution in [-0.2, 0) is 27.3 Å². The van der Waals surface area contributed by atoms with E-state index in [9.17, 15) is 24.7 Å². The Morgan fingerprint density at radius 3 is 2.85 bits per heavy atom. The highest BCUT2D eigenvalue weighted by Gasteiger charge is 2.54. The van der Waals surface area contributed by atoms with Gasteiger partial charge in [0.1, 0.15) is 17.1 Å². The number of carboxylic acid groups (broad SMARTS) is 1. The van der Waals surface area contributed by atoms with Crippen molar-refractivity contribution in [2.24, 2.45) is 0 Å². The molecule has 0 spiro atoms. The van der Waals surface area contributed by atoms with Crippen molar-refractivity contribution in [1.29, 1.82) is 5.41 Å². The Morgan fingerprint density at radius 2 is 2.18 bits per heavy atom. The van der Waals surface area contributed by atoms with E-state index in [4.69, 9.17) is 10.5 Å². The van der Waals surface area contributed by atoms with Crippen molar-refractivity contribution in [1.82, 2.24) is 35.2 Å². The Labute approximate surface area is 197 Å². The van der Waals surface area contributed by atoms with Crippen LogP contribution in [0.3, 0.4) is 0 Å². The van der Waals surface area contributed by atoms with Crippen LogP contribution in [0.25, 0.3) is 0 Å². The Bertz CT molecular complexity index is 1190. The number of amides is 2. The summed E-state index contributed by atoms with van der Waals surface area (Å²) in [6.07, 6.45) is -0.223. The molecule has 2 aliphatic rings. The van der Waals surface area contributed by atoms with Crippen LogP contribution in [0.2, 0.25) is 0 Å². The molecule has 2 amide bonds. The lowest BCUT2D eigenvalue weighted by Gasteiger charge is -2.49. The molecule has 33 heavy (non-hydrogen) atoms. The molecule has 0 aliphatic carbocycles. The largest absolute Gasteiger partial charge is 0.477 e. The predicted octanol–water partition coefficient (Wildman–Crippen LogP) is -1.68. The van der Waals surface area contributed by atoms with Crippen molar-refractivity contribution in [2.45, 2.75) is 29.5 Å². The number of hydrogen-bond acceptors (Lipinski definition) is 12. The summed E-state index contributed by atoms with van der Waals surface area (Å²) in [6.45, 7) is 0.0529. The monoisotopic (exact) mass is 514 g/mol. The first-order valence-corrected chi connectivity index (χ1v) is 12.4. The van der Waals surface area contributed by atoms with Crippen LogP contribution >= 0.6 is 34.9 Å². The molecule has 0 saturated carbocycles. The fraction of sp³-hybridized carbons (Fsp3) is 0.438. The summed E-state index contributed by atoms with van der Waals surface area (Å²) in [5, 5.41) is 51.1. The third-order valence-corrected chi connectivity index (χ3v) is 8.03. The molecule has 0 radical (unpaired) electrons. The first kappa shape index (κ1) is 23.3. The molecule has 2 aromatic rings. The highest BCUT2D eigenvalue weighted by atomic mass is 32.2. The average Bonchev–Trinajstić information content (AvgIpc) is 3.36. The Balaban J connectivity index is 1.44. The van der Waals surface area contributed by atoms with E-state index in [0.29, 0.717) is 21.2 Å². The number of hydrogen-bond donors (Lipinski definition) is 5. The molecule has 2 atom stereocenters. The van der Waals surface area contributed by atoms with Crippen LogP contribution in [0.5, 0.6) is 0 Å². The smallest absolute Gasteiger partial charge is 0.352 e. The average molecular weight is 515 g/mol. The topological polar surface area (TPSA) is 200 Å². The number of aliphatic carboxylic acids is 1. The summed E-state index contributed by atoms with van der Waals surface area (Å²) in [6, 6.07) is -0.885. The number of carboxylic acids is 1. The third kappa shape index (κ3) is 4.48. The van der Waals surface area contributed by atoms with E-state index in [1.54, 1.807) is 0 Å². The number of aliphatic hydroxyl groups excluding tert-OH is 1. The van der Waals surface area contributed by atoms with Gasteiger partial charge in [0.05, 0.1) is 25.3 Å². The molecule has 14 nitrogen and oxygen atoms in total. The van der Waals surface area contributed by atoms with E-state index in [-0.39, 0.29) is 41.5 Å². The number of rotatable bonds is 9. The quantitative estimate of drug-likeness (QED) is 0.145. The maximum atomic E-state index is 12.7. The Kier molecular flexibility index (Phi) is 6.73. The molecule has 2 aromatic heterocycles. The van der Waals surface area contributed by atoms with Gasteiger partial charge in [-0.05, 0) is 16.0 Å². The number of carbonyl (C=O) groups excluding carboxylic acids is 2. The minimum atomic E-state index is -1.24. The van der Waals surface area contributed by atoms with Crippen molar-refractivity contribution < 1.29 is 29.8 Å². The summed E-state index contributed by atoms with van der Waals surface area (Å²) in [5.41, 5.74) is 0.622. The fourth-order valence-electron chi connectivity index (χ4n) is 3.34. The maximum absolute atomic E-state index is 12.7. The minimum absolute atomic E-state index is 0.118. The highest BCUT2D eigenvalue weighted by molar-refractivity contribution is 8.01. The van der Waals surface area contributed by atoms with Crippen LogP contribution in [0.1, 0.15) is 5.69 Å². The number of nitrogens with zero attached hydrogens (tertiary/aromatic N) is 6. The molecule has 4 heterocycles. The number of β-lactam (4-membered cyclic amide) rings is 1. The van der Waals surface area contributed by atoms with Gasteiger partial charge < -0.3 is 20.7 Å². The van der Waals surface area contributed by atoms with E-state index in [1.807, 2.05) is 0 Å². The van der Waals surface area contributed by atoms with Crippen LogP contribution < -0.4 is 10.1 Å². The second-order valence-electron chi connectivity index (χ2n) is 6.93. The van der Waals surface area contributed by atoms with Gasteiger partial charge in [0.15, 0.2) is 0 Å². The number of nitrogens with one attached hydrogen (secondary N) is 2. The van der Waals surface area contributed by atoms with Crippen molar-refractivity contribution in [3.63, 3.8) is 0 Å². The molecular formula is C16H18N8O6S3. The summed E-state index contributed by atoms with van der Waals surface area (Å²) in [7, 11) is 0. The van der Waals surface area contributed by atoms with Gasteiger partial charge in [-0.15, -0.1) is 28.2 Å². The zero-order valence-corrected chi connectivity index (χ0v) is 19.2. The van der Waals surface area contributed by atoms with Crippen LogP contribution in [0.4, 0.5) is 0 Å². The second kappa shape index (κ2) is 9.54. The zero-order chi connectivity index (χ0) is 23.7. The number of thioether (sulfide) groups is 2. The number of tetrazole rings is 1. The second-order valence-corrected chi connectivity index (χ2v) is 9.84. The normalized spacial score (nSPS) is 19.9. The fourth-order valence-corrected chi connectivity index (χ4v) is 6.38. The zero-order valence-electron chi connectivity index (χ0n) is 16.7. The van der Waals surface area contributed by atoms with E-state index in [0.717, 1.165) is 11.3 Å².